The van der Waals surface area contributed by atoms with Crippen LogP contribution in [0.3, 0.4) is 0 Å². The van der Waals surface area contributed by atoms with Crippen LogP contribution in [-0.2, 0) is 6.42 Å². The van der Waals surface area contributed by atoms with Gasteiger partial charge in [0.05, 0.1) is 6.61 Å². The molecule has 0 aliphatic rings. The normalized spacial score (nSPS) is 11.6. The van der Waals surface area contributed by atoms with E-state index in [-0.39, 0.29) is 5.41 Å². The van der Waals surface area contributed by atoms with Crippen molar-refractivity contribution in [2.24, 2.45) is 5.41 Å². The fourth-order valence-corrected chi connectivity index (χ4v) is 1.97. The Labute approximate surface area is 118 Å². The van der Waals surface area contributed by atoms with Gasteiger partial charge in [-0.15, -0.1) is 0 Å². The Morgan fingerprint density at radius 1 is 1.05 bits per heavy atom. The summed E-state index contributed by atoms with van der Waals surface area (Å²) < 4.78 is 5.89. The van der Waals surface area contributed by atoms with Crippen molar-refractivity contribution >= 4 is 0 Å². The monoisotopic (exact) mass is 263 g/mol. The standard InChI is InChI=1S/C17H29NO/c1-5-7-15-8-10-16(11-9-15)19-14-17(3,4)13-18-12-6-2/h8-11,18H,5-7,12-14H2,1-4H3. The first-order chi connectivity index (χ1) is 9.07. The summed E-state index contributed by atoms with van der Waals surface area (Å²) in [7, 11) is 0. The molecule has 0 saturated carbocycles. The Hall–Kier alpha value is -1.02. The quantitative estimate of drug-likeness (QED) is 0.679. The van der Waals surface area contributed by atoms with E-state index < -0.39 is 0 Å². The molecule has 1 aromatic carbocycles. The minimum atomic E-state index is 0.164. The molecule has 0 aliphatic heterocycles. The molecule has 0 atom stereocenters. The van der Waals surface area contributed by atoms with E-state index in [1.165, 1.54) is 18.4 Å². The van der Waals surface area contributed by atoms with Gasteiger partial charge in [-0.25, -0.2) is 0 Å². The van der Waals surface area contributed by atoms with Crippen molar-refractivity contribution in [1.29, 1.82) is 0 Å². The minimum absolute atomic E-state index is 0.164. The summed E-state index contributed by atoms with van der Waals surface area (Å²) in [4.78, 5) is 0. The van der Waals surface area contributed by atoms with E-state index in [9.17, 15) is 0 Å². The van der Waals surface area contributed by atoms with Crippen LogP contribution in [0, 0.1) is 5.41 Å². The number of hydrogen-bond acceptors (Lipinski definition) is 2. The second kappa shape index (κ2) is 8.21. The Bertz CT molecular complexity index is 343. The molecule has 0 unspecified atom stereocenters. The fraction of sp³-hybridized carbons (Fsp3) is 0.647. The van der Waals surface area contributed by atoms with E-state index in [0.29, 0.717) is 0 Å². The third kappa shape index (κ3) is 6.63. The molecule has 0 bridgehead atoms. The van der Waals surface area contributed by atoms with Crippen molar-refractivity contribution < 1.29 is 4.74 Å². The van der Waals surface area contributed by atoms with Crippen molar-refractivity contribution in [3.05, 3.63) is 29.8 Å². The van der Waals surface area contributed by atoms with Crippen molar-refractivity contribution in [1.82, 2.24) is 5.32 Å². The zero-order valence-electron chi connectivity index (χ0n) is 13.0. The van der Waals surface area contributed by atoms with Gasteiger partial charge >= 0.3 is 0 Å². The highest BCUT2D eigenvalue weighted by Crippen LogP contribution is 2.19. The van der Waals surface area contributed by atoms with Crippen LogP contribution in [0.15, 0.2) is 24.3 Å². The summed E-state index contributed by atoms with van der Waals surface area (Å²) in [6.07, 6.45) is 3.51. The maximum Gasteiger partial charge on any atom is 0.119 e. The molecule has 1 N–H and O–H groups in total. The molecule has 0 saturated heterocycles. The van der Waals surface area contributed by atoms with Gasteiger partial charge in [0.15, 0.2) is 0 Å². The summed E-state index contributed by atoms with van der Waals surface area (Å²) in [5, 5.41) is 3.46. The van der Waals surface area contributed by atoms with Gasteiger partial charge in [-0.2, -0.15) is 0 Å². The largest absolute Gasteiger partial charge is 0.493 e. The van der Waals surface area contributed by atoms with Crippen LogP contribution in [0.25, 0.3) is 0 Å². The summed E-state index contributed by atoms with van der Waals surface area (Å²) in [6.45, 7) is 11.7. The molecule has 1 rings (SSSR count). The van der Waals surface area contributed by atoms with Crippen molar-refractivity contribution in [2.75, 3.05) is 19.7 Å². The average Bonchev–Trinajstić information content (AvgIpc) is 2.39. The highest BCUT2D eigenvalue weighted by atomic mass is 16.5. The topological polar surface area (TPSA) is 21.3 Å². The predicted octanol–water partition coefficient (Wildman–Crippen LogP) is 4.04. The first-order valence-corrected chi connectivity index (χ1v) is 7.50. The highest BCUT2D eigenvalue weighted by Gasteiger charge is 2.18. The van der Waals surface area contributed by atoms with E-state index >= 15 is 0 Å². The van der Waals surface area contributed by atoms with Crippen LogP contribution in [0.1, 0.15) is 46.1 Å². The second-order valence-corrected chi connectivity index (χ2v) is 6.02. The van der Waals surface area contributed by atoms with Crippen LogP contribution in [0.5, 0.6) is 5.75 Å². The first-order valence-electron chi connectivity index (χ1n) is 7.50. The molecule has 0 radical (unpaired) electrons. The molecular formula is C17H29NO. The molecule has 0 fully saturated rings. The average molecular weight is 263 g/mol. The van der Waals surface area contributed by atoms with Crippen molar-refractivity contribution in [3.63, 3.8) is 0 Å². The van der Waals surface area contributed by atoms with E-state index in [2.05, 4.69) is 57.3 Å². The van der Waals surface area contributed by atoms with Gasteiger partial charge in [-0.05, 0) is 37.1 Å². The molecular weight excluding hydrogens is 234 g/mol. The van der Waals surface area contributed by atoms with Crippen LogP contribution >= 0.6 is 0 Å². The summed E-state index contributed by atoms with van der Waals surface area (Å²) >= 11 is 0. The first kappa shape index (κ1) is 16.0. The van der Waals surface area contributed by atoms with Crippen LogP contribution in [0.2, 0.25) is 0 Å². The number of hydrogen-bond donors (Lipinski definition) is 1. The number of benzene rings is 1. The van der Waals surface area contributed by atoms with Gasteiger partial charge < -0.3 is 10.1 Å². The number of aryl methyl sites for hydroxylation is 1. The number of nitrogens with one attached hydrogen (secondary N) is 1. The van der Waals surface area contributed by atoms with E-state index in [1.807, 2.05) is 0 Å². The fourth-order valence-electron chi connectivity index (χ4n) is 1.97. The van der Waals surface area contributed by atoms with Crippen molar-refractivity contribution in [3.8, 4) is 5.75 Å². The molecule has 0 amide bonds. The van der Waals surface area contributed by atoms with Gasteiger partial charge in [0.1, 0.15) is 5.75 Å². The molecule has 2 heteroatoms. The minimum Gasteiger partial charge on any atom is -0.493 e. The smallest absolute Gasteiger partial charge is 0.119 e. The summed E-state index contributed by atoms with van der Waals surface area (Å²) in [6, 6.07) is 8.50. The lowest BCUT2D eigenvalue weighted by atomic mass is 9.95. The van der Waals surface area contributed by atoms with Gasteiger partial charge in [0.2, 0.25) is 0 Å². The molecule has 0 spiro atoms. The summed E-state index contributed by atoms with van der Waals surface area (Å²) in [5.74, 6) is 0.975. The lowest BCUT2D eigenvalue weighted by Crippen LogP contribution is -2.34. The molecule has 0 aromatic heterocycles. The van der Waals surface area contributed by atoms with E-state index in [1.54, 1.807) is 0 Å². The Balaban J connectivity index is 2.38. The third-order valence-electron chi connectivity index (χ3n) is 3.12. The molecule has 2 nitrogen and oxygen atoms in total. The molecule has 0 aliphatic carbocycles. The van der Waals surface area contributed by atoms with Gasteiger partial charge in [0.25, 0.3) is 0 Å². The lowest BCUT2D eigenvalue weighted by molar-refractivity contribution is 0.176. The SMILES string of the molecule is CCCNCC(C)(C)COc1ccc(CCC)cc1. The molecule has 0 heterocycles. The Morgan fingerprint density at radius 3 is 2.32 bits per heavy atom. The number of rotatable bonds is 9. The molecule has 19 heavy (non-hydrogen) atoms. The lowest BCUT2D eigenvalue weighted by Gasteiger charge is -2.25. The predicted molar refractivity (Wildman–Crippen MR) is 82.9 cm³/mol. The van der Waals surface area contributed by atoms with E-state index in [4.69, 9.17) is 4.74 Å². The van der Waals surface area contributed by atoms with Gasteiger partial charge in [0, 0.05) is 12.0 Å². The number of ether oxygens (including phenoxy) is 1. The van der Waals surface area contributed by atoms with Gasteiger partial charge in [-0.3, -0.25) is 0 Å². The van der Waals surface area contributed by atoms with Crippen LogP contribution in [0.4, 0.5) is 0 Å². The second-order valence-electron chi connectivity index (χ2n) is 6.02. The zero-order chi connectivity index (χ0) is 14.1. The maximum atomic E-state index is 5.89. The third-order valence-corrected chi connectivity index (χ3v) is 3.12. The Morgan fingerprint density at radius 2 is 1.74 bits per heavy atom. The highest BCUT2D eigenvalue weighted by molar-refractivity contribution is 5.27. The maximum absolute atomic E-state index is 5.89. The van der Waals surface area contributed by atoms with E-state index in [0.717, 1.165) is 31.9 Å². The summed E-state index contributed by atoms with van der Waals surface area (Å²) in [5.41, 5.74) is 1.55. The molecule has 1 aromatic rings. The Kier molecular flexibility index (Phi) is 6.93. The zero-order valence-corrected chi connectivity index (χ0v) is 13.0. The molecule has 108 valence electrons. The van der Waals surface area contributed by atoms with Crippen molar-refractivity contribution in [2.45, 2.75) is 47.0 Å². The van der Waals surface area contributed by atoms with Crippen LogP contribution < -0.4 is 10.1 Å². The van der Waals surface area contributed by atoms with Gasteiger partial charge in [-0.1, -0.05) is 46.2 Å². The van der Waals surface area contributed by atoms with Crippen LogP contribution in [-0.4, -0.2) is 19.7 Å².